The summed E-state index contributed by atoms with van der Waals surface area (Å²) in [6, 6.07) is 12.8. The van der Waals surface area contributed by atoms with E-state index in [2.05, 4.69) is 27.4 Å². The molecule has 0 aliphatic heterocycles. The molecule has 0 bridgehead atoms. The Labute approximate surface area is 167 Å². The van der Waals surface area contributed by atoms with Crippen LogP contribution in [0.5, 0.6) is 0 Å². The van der Waals surface area contributed by atoms with Crippen LogP contribution in [0.1, 0.15) is 16.8 Å². The molecule has 0 aliphatic rings. The monoisotopic (exact) mass is 400 g/mol. The second-order valence-corrected chi connectivity index (χ2v) is 7.12. The lowest BCUT2D eigenvalue weighted by Crippen LogP contribution is -2.47. The van der Waals surface area contributed by atoms with Gasteiger partial charge in [-0.25, -0.2) is 4.98 Å². The van der Waals surface area contributed by atoms with E-state index in [4.69, 9.17) is 16.6 Å². The molecule has 3 rings (SSSR count). The van der Waals surface area contributed by atoms with Crippen LogP contribution in [0.2, 0.25) is 0 Å². The number of aromatic nitrogens is 1. The van der Waals surface area contributed by atoms with Gasteiger partial charge in [0, 0.05) is 11.9 Å². The second kappa shape index (κ2) is 9.38. The first-order chi connectivity index (χ1) is 13.2. The first-order valence-corrected chi connectivity index (χ1v) is 10.3. The Morgan fingerprint density at radius 1 is 1.22 bits per heavy atom. The predicted octanol–water partition coefficient (Wildman–Crippen LogP) is 3.36. The summed E-state index contributed by atoms with van der Waals surface area (Å²) < 4.78 is 5.42. The molecule has 8 heteroatoms. The van der Waals surface area contributed by atoms with Crippen molar-refractivity contribution in [1.29, 1.82) is 0 Å². The number of hydrogen-bond donors (Lipinski definition) is 3. The van der Waals surface area contributed by atoms with Crippen molar-refractivity contribution >= 4 is 45.9 Å². The molecule has 3 N–H and O–H groups in total. The largest absolute Gasteiger partial charge is 0.463 e. The van der Waals surface area contributed by atoms with Gasteiger partial charge in [-0.1, -0.05) is 18.2 Å². The molecule has 0 fully saturated rings. The predicted molar refractivity (Wildman–Crippen MR) is 114 cm³/mol. The number of fused-ring (bicyclic) bond motifs is 1. The van der Waals surface area contributed by atoms with E-state index in [1.165, 1.54) is 0 Å². The molecule has 2 heterocycles. The van der Waals surface area contributed by atoms with Gasteiger partial charge in [0.25, 0.3) is 5.91 Å². The summed E-state index contributed by atoms with van der Waals surface area (Å²) in [7, 11) is 0. The smallest absolute Gasteiger partial charge is 0.270 e. The molecule has 27 heavy (non-hydrogen) atoms. The Bertz CT molecular complexity index is 929. The van der Waals surface area contributed by atoms with Gasteiger partial charge in [-0.3, -0.25) is 15.6 Å². The standard InChI is InChI=1S/C19H20N4O2S2/c1-27-11-5-9-20-19(26)23-22-18(24)14-12-16(17-8-4-10-25-17)21-15-7-3-2-6-13(14)15/h2-4,6-8,10,12H,5,9,11H2,1H3,(H,22,24)(H2,20,23,26). The highest BCUT2D eigenvalue weighted by atomic mass is 32.2. The number of para-hydroxylation sites is 1. The summed E-state index contributed by atoms with van der Waals surface area (Å²) in [6.45, 7) is 0.753. The van der Waals surface area contributed by atoms with Crippen LogP contribution in [0.4, 0.5) is 0 Å². The van der Waals surface area contributed by atoms with Crippen molar-refractivity contribution in [2.24, 2.45) is 0 Å². The highest BCUT2D eigenvalue weighted by Gasteiger charge is 2.15. The van der Waals surface area contributed by atoms with Crippen molar-refractivity contribution in [3.05, 3.63) is 54.3 Å². The van der Waals surface area contributed by atoms with E-state index in [0.29, 0.717) is 27.6 Å². The maximum atomic E-state index is 12.7. The summed E-state index contributed by atoms with van der Waals surface area (Å²) in [5.74, 6) is 1.36. The molecule has 140 valence electrons. The van der Waals surface area contributed by atoms with E-state index in [1.54, 1.807) is 30.2 Å². The van der Waals surface area contributed by atoms with Crippen LogP contribution in [0.15, 0.2) is 53.1 Å². The minimum absolute atomic E-state index is 0.297. The number of amides is 1. The minimum atomic E-state index is -0.297. The Morgan fingerprint density at radius 2 is 2.07 bits per heavy atom. The fraction of sp³-hybridized carbons (Fsp3) is 0.211. The van der Waals surface area contributed by atoms with Crippen LogP contribution >= 0.6 is 24.0 Å². The molecule has 3 aromatic rings. The normalized spacial score (nSPS) is 10.6. The number of carbonyl (C=O) groups excluding carboxylic acids is 1. The Morgan fingerprint density at radius 3 is 2.85 bits per heavy atom. The molecule has 0 spiro atoms. The molecule has 1 amide bonds. The average Bonchev–Trinajstić information content (AvgIpc) is 3.23. The molecular weight excluding hydrogens is 380 g/mol. The zero-order valence-electron chi connectivity index (χ0n) is 14.8. The van der Waals surface area contributed by atoms with Gasteiger partial charge in [-0.15, -0.1) is 0 Å². The van der Waals surface area contributed by atoms with Gasteiger partial charge in [0.1, 0.15) is 5.69 Å². The number of thioether (sulfide) groups is 1. The molecule has 0 atom stereocenters. The van der Waals surface area contributed by atoms with Gasteiger partial charge >= 0.3 is 0 Å². The van der Waals surface area contributed by atoms with Gasteiger partial charge in [0.2, 0.25) is 0 Å². The number of rotatable bonds is 6. The van der Waals surface area contributed by atoms with Crippen molar-refractivity contribution < 1.29 is 9.21 Å². The lowest BCUT2D eigenvalue weighted by atomic mass is 10.1. The number of benzene rings is 1. The van der Waals surface area contributed by atoms with E-state index in [-0.39, 0.29) is 5.91 Å². The number of furan rings is 1. The topological polar surface area (TPSA) is 79.2 Å². The maximum Gasteiger partial charge on any atom is 0.270 e. The van der Waals surface area contributed by atoms with E-state index >= 15 is 0 Å². The molecule has 0 radical (unpaired) electrons. The summed E-state index contributed by atoms with van der Waals surface area (Å²) in [5, 5.41) is 4.20. The Balaban J connectivity index is 1.75. The van der Waals surface area contributed by atoms with Crippen molar-refractivity contribution in [2.45, 2.75) is 6.42 Å². The van der Waals surface area contributed by atoms with Gasteiger partial charge in [0.15, 0.2) is 10.9 Å². The SMILES string of the molecule is CSCCCNC(=S)NNC(=O)c1cc(-c2ccco2)nc2ccccc12. The highest BCUT2D eigenvalue weighted by Crippen LogP contribution is 2.25. The number of nitrogens with zero attached hydrogens (tertiary/aromatic N) is 1. The molecule has 1 aromatic carbocycles. The summed E-state index contributed by atoms with van der Waals surface area (Å²) >= 11 is 6.97. The van der Waals surface area contributed by atoms with E-state index in [9.17, 15) is 4.79 Å². The first-order valence-electron chi connectivity index (χ1n) is 8.46. The zero-order valence-corrected chi connectivity index (χ0v) is 16.5. The third-order valence-corrected chi connectivity index (χ3v) is 4.78. The fourth-order valence-electron chi connectivity index (χ4n) is 2.56. The number of pyridine rings is 1. The summed E-state index contributed by atoms with van der Waals surface area (Å²) in [6.07, 6.45) is 4.64. The number of carbonyl (C=O) groups is 1. The molecular formula is C19H20N4O2S2. The third kappa shape index (κ3) is 4.99. The van der Waals surface area contributed by atoms with Crippen LogP contribution in [-0.2, 0) is 0 Å². The van der Waals surface area contributed by atoms with Crippen LogP contribution in [0.3, 0.4) is 0 Å². The molecule has 0 unspecified atom stereocenters. The first kappa shape index (κ1) is 19.2. The number of hydrazine groups is 1. The highest BCUT2D eigenvalue weighted by molar-refractivity contribution is 7.98. The quantitative estimate of drug-likeness (QED) is 0.333. The van der Waals surface area contributed by atoms with Crippen LogP contribution in [0.25, 0.3) is 22.4 Å². The lowest BCUT2D eigenvalue weighted by Gasteiger charge is -2.13. The van der Waals surface area contributed by atoms with Crippen molar-refractivity contribution in [3.8, 4) is 11.5 Å². The summed E-state index contributed by atoms with van der Waals surface area (Å²) in [4.78, 5) is 17.3. The minimum Gasteiger partial charge on any atom is -0.463 e. The lowest BCUT2D eigenvalue weighted by molar-refractivity contribution is 0.0945. The fourth-order valence-corrected chi connectivity index (χ4v) is 3.14. The van der Waals surface area contributed by atoms with Gasteiger partial charge in [-0.05, 0) is 54.9 Å². The maximum absolute atomic E-state index is 12.7. The Hall–Kier alpha value is -2.58. The van der Waals surface area contributed by atoms with E-state index in [0.717, 1.165) is 24.1 Å². The van der Waals surface area contributed by atoms with E-state index in [1.807, 2.05) is 30.3 Å². The van der Waals surface area contributed by atoms with Gasteiger partial charge in [0.05, 0.1) is 17.3 Å². The van der Waals surface area contributed by atoms with Gasteiger partial charge < -0.3 is 9.73 Å². The van der Waals surface area contributed by atoms with Crippen molar-refractivity contribution in [2.75, 3.05) is 18.6 Å². The molecule has 2 aromatic heterocycles. The Kier molecular flexibility index (Phi) is 6.67. The molecule has 0 saturated heterocycles. The summed E-state index contributed by atoms with van der Waals surface area (Å²) in [5.41, 5.74) is 7.20. The van der Waals surface area contributed by atoms with Crippen LogP contribution in [-0.4, -0.2) is 34.6 Å². The van der Waals surface area contributed by atoms with E-state index < -0.39 is 0 Å². The molecule has 0 aliphatic carbocycles. The number of nitrogens with one attached hydrogen (secondary N) is 3. The van der Waals surface area contributed by atoms with Gasteiger partial charge in [-0.2, -0.15) is 11.8 Å². The third-order valence-electron chi connectivity index (χ3n) is 3.83. The molecule has 0 saturated carbocycles. The van der Waals surface area contributed by atoms with Crippen LogP contribution < -0.4 is 16.2 Å². The average molecular weight is 401 g/mol. The van der Waals surface area contributed by atoms with Crippen molar-refractivity contribution in [1.82, 2.24) is 21.2 Å². The van der Waals surface area contributed by atoms with Crippen LogP contribution in [0, 0.1) is 0 Å². The zero-order chi connectivity index (χ0) is 19.1. The number of hydrogen-bond acceptors (Lipinski definition) is 5. The number of thiocarbonyl (C=S) groups is 1. The van der Waals surface area contributed by atoms with Crippen molar-refractivity contribution in [3.63, 3.8) is 0 Å². The molecule has 6 nitrogen and oxygen atoms in total. The second-order valence-electron chi connectivity index (χ2n) is 5.73.